The average molecular weight is 351 g/mol. The molecule has 2 heteroatoms. The smallest absolute Gasteiger partial charge is 0.101 e. The van der Waals surface area contributed by atoms with E-state index in [4.69, 9.17) is 0 Å². The van der Waals surface area contributed by atoms with Crippen molar-refractivity contribution in [3.05, 3.63) is 12.4 Å². The van der Waals surface area contributed by atoms with Gasteiger partial charge in [0, 0.05) is 25.5 Å². The van der Waals surface area contributed by atoms with Gasteiger partial charge in [0.25, 0.3) is 0 Å². The molecule has 0 aromatic rings. The molecule has 1 aliphatic rings. The van der Waals surface area contributed by atoms with Crippen LogP contribution in [0, 0.1) is 0 Å². The molecule has 0 aromatic heterocycles. The Hall–Kier alpha value is -0.660. The minimum absolute atomic E-state index is 0.646. The van der Waals surface area contributed by atoms with Gasteiger partial charge in [-0.1, -0.05) is 91.4 Å². The maximum atomic E-state index is 2.64. The Kier molecular flexibility index (Phi) is 14.0. The second-order valence-corrected chi connectivity index (χ2v) is 7.93. The molecule has 1 unspecified atom stereocenters. The Balaban J connectivity index is 2.23. The van der Waals surface area contributed by atoms with Crippen molar-refractivity contribution in [2.45, 2.75) is 123 Å². The van der Waals surface area contributed by atoms with E-state index in [-0.39, 0.29) is 0 Å². The van der Waals surface area contributed by atoms with E-state index in [1.54, 1.807) is 0 Å². The second kappa shape index (κ2) is 15.6. The van der Waals surface area contributed by atoms with Gasteiger partial charge in [-0.2, -0.15) is 0 Å². The summed E-state index contributed by atoms with van der Waals surface area (Å²) in [4.78, 5) is 5.26. The van der Waals surface area contributed by atoms with Crippen molar-refractivity contribution in [3.63, 3.8) is 0 Å². The van der Waals surface area contributed by atoms with Crippen LogP contribution in [0.15, 0.2) is 12.4 Å². The zero-order valence-corrected chi connectivity index (χ0v) is 17.6. The van der Waals surface area contributed by atoms with Gasteiger partial charge in [0.2, 0.25) is 0 Å². The van der Waals surface area contributed by atoms with Gasteiger partial charge < -0.3 is 9.80 Å². The van der Waals surface area contributed by atoms with Crippen LogP contribution in [0.25, 0.3) is 0 Å². The zero-order valence-electron chi connectivity index (χ0n) is 17.6. The van der Waals surface area contributed by atoms with Gasteiger partial charge in [-0.15, -0.1) is 0 Å². The van der Waals surface area contributed by atoms with E-state index in [0.29, 0.717) is 6.17 Å². The van der Waals surface area contributed by atoms with Gasteiger partial charge >= 0.3 is 0 Å². The van der Waals surface area contributed by atoms with Crippen LogP contribution in [0.1, 0.15) is 117 Å². The average Bonchev–Trinajstić information content (AvgIpc) is 3.00. The number of unbranched alkanes of at least 4 members (excludes halogenated alkanes) is 11. The molecule has 0 aliphatic carbocycles. The standard InChI is InChI=1S/C23H46N2/c1-4-7-10-11-12-13-14-17-20-25-22-21-24(19-16-9-6-3)23(25)18-15-8-5-2/h21-23H,4-20H2,1-3H3. The van der Waals surface area contributed by atoms with E-state index in [1.807, 2.05) is 0 Å². The number of hydrogen-bond donors (Lipinski definition) is 0. The summed E-state index contributed by atoms with van der Waals surface area (Å²) >= 11 is 0. The third-order valence-corrected chi connectivity index (χ3v) is 5.57. The highest BCUT2D eigenvalue weighted by molar-refractivity contribution is 4.96. The Labute approximate surface area is 159 Å². The zero-order chi connectivity index (χ0) is 18.2. The van der Waals surface area contributed by atoms with Gasteiger partial charge in [0.1, 0.15) is 6.17 Å². The molecular formula is C23H46N2. The summed E-state index contributed by atoms with van der Waals surface area (Å²) in [5, 5.41) is 0. The van der Waals surface area contributed by atoms with Crippen LogP contribution >= 0.6 is 0 Å². The van der Waals surface area contributed by atoms with Crippen molar-refractivity contribution >= 4 is 0 Å². The molecule has 0 saturated heterocycles. The summed E-state index contributed by atoms with van der Waals surface area (Å²) < 4.78 is 0. The van der Waals surface area contributed by atoms with Crippen LogP contribution in [0.3, 0.4) is 0 Å². The molecule has 0 aromatic carbocycles. The first kappa shape index (κ1) is 22.4. The van der Waals surface area contributed by atoms with Crippen molar-refractivity contribution in [3.8, 4) is 0 Å². The maximum absolute atomic E-state index is 2.64. The highest BCUT2D eigenvalue weighted by Crippen LogP contribution is 2.23. The van der Waals surface area contributed by atoms with Crippen LogP contribution in [-0.2, 0) is 0 Å². The highest BCUT2D eigenvalue weighted by atomic mass is 15.4. The van der Waals surface area contributed by atoms with Crippen LogP contribution in [0.2, 0.25) is 0 Å². The minimum Gasteiger partial charge on any atom is -0.356 e. The molecule has 1 heterocycles. The van der Waals surface area contributed by atoms with Crippen LogP contribution in [0.4, 0.5) is 0 Å². The third-order valence-electron chi connectivity index (χ3n) is 5.57. The van der Waals surface area contributed by atoms with Crippen LogP contribution in [0.5, 0.6) is 0 Å². The van der Waals surface area contributed by atoms with Crippen molar-refractivity contribution in [2.75, 3.05) is 13.1 Å². The maximum Gasteiger partial charge on any atom is 0.101 e. The molecule has 0 fully saturated rings. The molecule has 25 heavy (non-hydrogen) atoms. The molecule has 0 spiro atoms. The van der Waals surface area contributed by atoms with Crippen molar-refractivity contribution in [1.29, 1.82) is 0 Å². The SMILES string of the molecule is CCCCCCCCCCN1C=CN(CCCCC)C1CCCCC. The Bertz CT molecular complexity index is 313. The molecule has 0 saturated carbocycles. The number of rotatable bonds is 17. The summed E-state index contributed by atoms with van der Waals surface area (Å²) in [5.74, 6) is 0. The Morgan fingerprint density at radius 1 is 0.520 bits per heavy atom. The summed E-state index contributed by atoms with van der Waals surface area (Å²) in [7, 11) is 0. The fourth-order valence-corrected chi connectivity index (χ4v) is 3.89. The predicted octanol–water partition coefficient (Wildman–Crippen LogP) is 7.31. The summed E-state index contributed by atoms with van der Waals surface area (Å²) in [6.07, 6.45) is 26.2. The van der Waals surface area contributed by atoms with Gasteiger partial charge in [-0.3, -0.25) is 0 Å². The van der Waals surface area contributed by atoms with E-state index < -0.39 is 0 Å². The lowest BCUT2D eigenvalue weighted by Crippen LogP contribution is -2.39. The Morgan fingerprint density at radius 2 is 0.920 bits per heavy atom. The van der Waals surface area contributed by atoms with E-state index in [0.717, 1.165) is 0 Å². The van der Waals surface area contributed by atoms with Gasteiger partial charge in [0.15, 0.2) is 0 Å². The van der Waals surface area contributed by atoms with Crippen molar-refractivity contribution < 1.29 is 0 Å². The molecule has 1 rings (SSSR count). The second-order valence-electron chi connectivity index (χ2n) is 7.93. The fraction of sp³-hybridized carbons (Fsp3) is 0.913. The lowest BCUT2D eigenvalue weighted by atomic mass is 10.1. The summed E-state index contributed by atoms with van der Waals surface area (Å²) in [6.45, 7) is 9.41. The van der Waals surface area contributed by atoms with E-state index >= 15 is 0 Å². The van der Waals surface area contributed by atoms with E-state index in [2.05, 4.69) is 43.0 Å². The monoisotopic (exact) mass is 350 g/mol. The normalized spacial score (nSPS) is 17.0. The predicted molar refractivity (Wildman–Crippen MR) is 113 cm³/mol. The number of hydrogen-bond acceptors (Lipinski definition) is 2. The molecular weight excluding hydrogens is 304 g/mol. The van der Waals surface area contributed by atoms with Gasteiger partial charge in [-0.05, 0) is 25.7 Å². The molecule has 1 atom stereocenters. The van der Waals surface area contributed by atoms with Gasteiger partial charge in [0.05, 0.1) is 0 Å². The lowest BCUT2D eigenvalue weighted by Gasteiger charge is -2.33. The fourth-order valence-electron chi connectivity index (χ4n) is 3.89. The Morgan fingerprint density at radius 3 is 1.48 bits per heavy atom. The van der Waals surface area contributed by atoms with Gasteiger partial charge in [-0.25, -0.2) is 0 Å². The molecule has 0 amide bonds. The molecule has 0 N–H and O–H groups in total. The molecule has 148 valence electrons. The van der Waals surface area contributed by atoms with Crippen molar-refractivity contribution in [2.24, 2.45) is 0 Å². The topological polar surface area (TPSA) is 6.48 Å². The quantitative estimate of drug-likeness (QED) is 0.254. The van der Waals surface area contributed by atoms with E-state index in [9.17, 15) is 0 Å². The minimum atomic E-state index is 0.646. The summed E-state index contributed by atoms with van der Waals surface area (Å²) in [6, 6.07) is 0. The molecule has 0 bridgehead atoms. The van der Waals surface area contributed by atoms with Crippen molar-refractivity contribution in [1.82, 2.24) is 9.80 Å². The first-order valence-corrected chi connectivity index (χ1v) is 11.5. The molecule has 0 radical (unpaired) electrons. The lowest BCUT2D eigenvalue weighted by molar-refractivity contribution is 0.136. The highest BCUT2D eigenvalue weighted by Gasteiger charge is 2.24. The largest absolute Gasteiger partial charge is 0.356 e. The molecule has 1 aliphatic heterocycles. The first-order chi connectivity index (χ1) is 12.3. The summed E-state index contributed by atoms with van der Waals surface area (Å²) in [5.41, 5.74) is 0. The van der Waals surface area contributed by atoms with E-state index in [1.165, 1.54) is 109 Å². The first-order valence-electron chi connectivity index (χ1n) is 11.5. The van der Waals surface area contributed by atoms with Crippen LogP contribution in [-0.4, -0.2) is 29.1 Å². The van der Waals surface area contributed by atoms with Crippen LogP contribution < -0.4 is 0 Å². The third kappa shape index (κ3) is 10.2. The number of nitrogens with zero attached hydrogens (tertiary/aromatic N) is 2. The molecule has 2 nitrogen and oxygen atoms in total.